The first kappa shape index (κ1) is 23.3. The molecule has 3 heterocycles. The molecule has 4 rings (SSSR count). The predicted octanol–water partition coefficient (Wildman–Crippen LogP) is 4.78. The molecule has 33 heavy (non-hydrogen) atoms. The van der Waals surface area contributed by atoms with E-state index >= 15 is 0 Å². The van der Waals surface area contributed by atoms with E-state index in [1.165, 1.54) is 0 Å². The van der Waals surface area contributed by atoms with Gasteiger partial charge >= 0.3 is 0 Å². The Labute approximate surface area is 202 Å². The third-order valence-electron chi connectivity index (χ3n) is 5.96. The summed E-state index contributed by atoms with van der Waals surface area (Å²) >= 11 is 12.5. The number of pyridine rings is 1. The number of nitrogens with two attached hydrogens (primary N) is 1. The Kier molecular flexibility index (Phi) is 7.00. The third-order valence-corrected chi connectivity index (χ3v) is 6.70. The van der Waals surface area contributed by atoms with Crippen molar-refractivity contribution >= 4 is 34.8 Å². The van der Waals surface area contributed by atoms with Crippen LogP contribution in [0.4, 0.5) is 5.69 Å². The minimum atomic E-state index is -0.173. The number of carbonyl (C=O) groups is 1. The van der Waals surface area contributed by atoms with Crippen LogP contribution in [0, 0.1) is 12.8 Å². The van der Waals surface area contributed by atoms with Crippen molar-refractivity contribution in [2.75, 3.05) is 18.8 Å². The molecule has 2 aromatic heterocycles. The second kappa shape index (κ2) is 9.93. The molecular weight excluding hydrogens is 461 g/mol. The van der Waals surface area contributed by atoms with Crippen LogP contribution >= 0.6 is 23.2 Å². The summed E-state index contributed by atoms with van der Waals surface area (Å²) in [6.45, 7) is 4.89. The van der Waals surface area contributed by atoms with E-state index in [2.05, 4.69) is 21.9 Å². The Hall–Kier alpha value is -2.90. The lowest BCUT2D eigenvalue weighted by Crippen LogP contribution is -2.33. The third kappa shape index (κ3) is 5.20. The topological polar surface area (TPSA) is 94.2 Å². The van der Waals surface area contributed by atoms with Gasteiger partial charge in [0, 0.05) is 43.4 Å². The molecule has 0 radical (unpaired) electrons. The van der Waals surface area contributed by atoms with Gasteiger partial charge in [0.15, 0.2) is 0 Å². The summed E-state index contributed by atoms with van der Waals surface area (Å²) in [4.78, 5) is 27.7. The van der Waals surface area contributed by atoms with Crippen LogP contribution in [0.1, 0.15) is 41.0 Å². The number of aromatic nitrogens is 3. The second-order valence-electron chi connectivity index (χ2n) is 8.17. The summed E-state index contributed by atoms with van der Waals surface area (Å²) < 4.78 is 6.27. The number of nitrogen functional groups attached to an aromatic ring is 1. The van der Waals surface area contributed by atoms with Gasteiger partial charge in [-0.15, -0.1) is 0 Å². The number of amides is 1. The van der Waals surface area contributed by atoms with Crippen molar-refractivity contribution in [3.05, 3.63) is 75.9 Å². The van der Waals surface area contributed by atoms with Gasteiger partial charge < -0.3 is 15.4 Å². The van der Waals surface area contributed by atoms with E-state index in [9.17, 15) is 4.79 Å². The molecule has 0 spiro atoms. The van der Waals surface area contributed by atoms with Crippen LogP contribution in [0.5, 0.6) is 5.88 Å². The number of nitrogens with zero attached hydrogens (tertiary/aromatic N) is 4. The SMILES string of the molecule is CC[C@H](Oc1ccc(N)cn1)[C@H]1CN(C(=O)c2cnc(C)nc2)C[C@@H]1c1ccc(Cl)c(Cl)c1. The van der Waals surface area contributed by atoms with E-state index in [-0.39, 0.29) is 23.8 Å². The standard InChI is InChI=1S/C24H25Cl2N5O2/c1-3-22(33-23-7-5-17(27)11-30-23)19-13-31(24(32)16-9-28-14(2)29-10-16)12-18(19)15-4-6-20(25)21(26)8-15/h4-11,18-19,22H,3,12-13,27H2,1-2H3/t18-,19+,22+/m1/s1. The van der Waals surface area contributed by atoms with Gasteiger partial charge in [0.1, 0.15) is 11.9 Å². The number of benzene rings is 1. The molecule has 3 atom stereocenters. The molecule has 1 aliphatic rings. The molecule has 9 heteroatoms. The molecule has 1 fully saturated rings. The van der Waals surface area contributed by atoms with Gasteiger partial charge in [-0.05, 0) is 37.1 Å². The Balaban J connectivity index is 1.64. The fourth-order valence-electron chi connectivity index (χ4n) is 4.24. The molecule has 0 aliphatic carbocycles. The van der Waals surface area contributed by atoms with Crippen molar-refractivity contribution in [1.82, 2.24) is 19.9 Å². The smallest absolute Gasteiger partial charge is 0.257 e. The Morgan fingerprint density at radius 1 is 1.12 bits per heavy atom. The van der Waals surface area contributed by atoms with Crippen molar-refractivity contribution < 1.29 is 9.53 Å². The summed E-state index contributed by atoms with van der Waals surface area (Å²) in [5.41, 5.74) is 7.80. The number of carbonyl (C=O) groups excluding carboxylic acids is 1. The van der Waals surface area contributed by atoms with Gasteiger partial charge in [-0.2, -0.15) is 0 Å². The molecule has 7 nitrogen and oxygen atoms in total. The number of hydrogen-bond donors (Lipinski definition) is 1. The number of hydrogen-bond acceptors (Lipinski definition) is 6. The summed E-state index contributed by atoms with van der Waals surface area (Å²) in [7, 11) is 0. The highest BCUT2D eigenvalue weighted by Gasteiger charge is 2.41. The summed E-state index contributed by atoms with van der Waals surface area (Å²) in [5, 5.41) is 0.980. The zero-order chi connectivity index (χ0) is 23.5. The lowest BCUT2D eigenvalue weighted by molar-refractivity contribution is 0.0759. The minimum absolute atomic E-state index is 0.00816. The van der Waals surface area contributed by atoms with E-state index in [1.807, 2.05) is 17.0 Å². The van der Waals surface area contributed by atoms with Crippen LogP contribution in [0.15, 0.2) is 48.9 Å². The highest BCUT2D eigenvalue weighted by molar-refractivity contribution is 6.42. The maximum absolute atomic E-state index is 13.2. The molecule has 2 N–H and O–H groups in total. The minimum Gasteiger partial charge on any atom is -0.474 e. The van der Waals surface area contributed by atoms with Crippen LogP contribution in [0.25, 0.3) is 0 Å². The van der Waals surface area contributed by atoms with Crippen LogP contribution < -0.4 is 10.5 Å². The Bertz CT molecular complexity index is 1120. The van der Waals surface area contributed by atoms with E-state index in [4.69, 9.17) is 33.7 Å². The zero-order valence-electron chi connectivity index (χ0n) is 18.4. The van der Waals surface area contributed by atoms with Crippen LogP contribution in [-0.4, -0.2) is 45.0 Å². The molecule has 3 aromatic rings. The first-order valence-electron chi connectivity index (χ1n) is 10.8. The van der Waals surface area contributed by atoms with Gasteiger partial charge in [0.2, 0.25) is 5.88 Å². The fourth-order valence-corrected chi connectivity index (χ4v) is 4.55. The first-order chi connectivity index (χ1) is 15.9. The van der Waals surface area contributed by atoms with Crippen molar-refractivity contribution in [2.24, 2.45) is 5.92 Å². The highest BCUT2D eigenvalue weighted by Crippen LogP contribution is 2.39. The van der Waals surface area contributed by atoms with E-state index in [0.717, 1.165) is 12.0 Å². The average molecular weight is 486 g/mol. The van der Waals surface area contributed by atoms with Crippen molar-refractivity contribution in [3.63, 3.8) is 0 Å². The fraction of sp³-hybridized carbons (Fsp3) is 0.333. The van der Waals surface area contributed by atoms with Crippen molar-refractivity contribution in [1.29, 1.82) is 0 Å². The lowest BCUT2D eigenvalue weighted by atomic mass is 9.84. The number of aryl methyl sites for hydroxylation is 1. The van der Waals surface area contributed by atoms with Crippen LogP contribution in [0.2, 0.25) is 10.0 Å². The Morgan fingerprint density at radius 2 is 1.88 bits per heavy atom. The molecule has 172 valence electrons. The zero-order valence-corrected chi connectivity index (χ0v) is 19.9. The van der Waals surface area contributed by atoms with E-state index in [0.29, 0.717) is 46.1 Å². The molecule has 0 saturated carbocycles. The molecule has 1 amide bonds. The highest BCUT2D eigenvalue weighted by atomic mass is 35.5. The summed E-state index contributed by atoms with van der Waals surface area (Å²) in [6.07, 6.45) is 5.27. The number of halogens is 2. The molecule has 0 unspecified atom stereocenters. The quantitative estimate of drug-likeness (QED) is 0.539. The maximum Gasteiger partial charge on any atom is 0.257 e. The summed E-state index contributed by atoms with van der Waals surface area (Å²) in [5.74, 6) is 1.04. The molecule has 1 saturated heterocycles. The van der Waals surface area contributed by atoms with Crippen LogP contribution in [-0.2, 0) is 0 Å². The van der Waals surface area contributed by atoms with Gasteiger partial charge in [-0.3, -0.25) is 4.79 Å². The van der Waals surface area contributed by atoms with Gasteiger partial charge in [0.05, 0.1) is 27.5 Å². The Morgan fingerprint density at radius 3 is 2.52 bits per heavy atom. The lowest BCUT2D eigenvalue weighted by Gasteiger charge is -2.27. The normalized spacial score (nSPS) is 18.8. The molecular formula is C24H25Cl2N5O2. The summed E-state index contributed by atoms with van der Waals surface area (Å²) in [6, 6.07) is 9.14. The second-order valence-corrected chi connectivity index (χ2v) is 8.98. The number of anilines is 1. The van der Waals surface area contributed by atoms with E-state index in [1.54, 1.807) is 43.7 Å². The molecule has 0 bridgehead atoms. The largest absolute Gasteiger partial charge is 0.474 e. The number of ether oxygens (including phenoxy) is 1. The maximum atomic E-state index is 13.2. The van der Waals surface area contributed by atoms with Gasteiger partial charge in [-0.25, -0.2) is 15.0 Å². The van der Waals surface area contributed by atoms with E-state index < -0.39 is 0 Å². The predicted molar refractivity (Wildman–Crippen MR) is 129 cm³/mol. The van der Waals surface area contributed by atoms with Gasteiger partial charge in [-0.1, -0.05) is 36.2 Å². The van der Waals surface area contributed by atoms with Crippen LogP contribution in [0.3, 0.4) is 0 Å². The average Bonchev–Trinajstić information content (AvgIpc) is 3.26. The molecule has 1 aliphatic heterocycles. The first-order valence-corrected chi connectivity index (χ1v) is 11.5. The van der Waals surface area contributed by atoms with Crippen molar-refractivity contribution in [2.45, 2.75) is 32.3 Å². The van der Waals surface area contributed by atoms with Crippen molar-refractivity contribution in [3.8, 4) is 5.88 Å². The monoisotopic (exact) mass is 485 g/mol. The molecule has 1 aromatic carbocycles. The van der Waals surface area contributed by atoms with Gasteiger partial charge in [0.25, 0.3) is 5.91 Å². The number of likely N-dealkylation sites (tertiary alicyclic amines) is 1. The number of rotatable bonds is 6.